The summed E-state index contributed by atoms with van der Waals surface area (Å²) in [5.74, 6) is 1.11. The molecule has 106 valence electrons. The van der Waals surface area contributed by atoms with Crippen molar-refractivity contribution in [3.63, 3.8) is 0 Å². The molecule has 2 rings (SSSR count). The highest BCUT2D eigenvalue weighted by atomic mass is 16.5. The van der Waals surface area contributed by atoms with Gasteiger partial charge in [0.2, 0.25) is 5.95 Å². The summed E-state index contributed by atoms with van der Waals surface area (Å²) < 4.78 is 5.11. The van der Waals surface area contributed by atoms with Gasteiger partial charge in [-0.1, -0.05) is 0 Å². The Morgan fingerprint density at radius 1 is 1.10 bits per heavy atom. The summed E-state index contributed by atoms with van der Waals surface area (Å²) in [6.45, 7) is 2.73. The van der Waals surface area contributed by atoms with Gasteiger partial charge in [-0.3, -0.25) is 0 Å². The number of hydrogen-bond acceptors (Lipinski definition) is 6. The second-order valence-corrected chi connectivity index (χ2v) is 4.44. The quantitative estimate of drug-likeness (QED) is 0.899. The van der Waals surface area contributed by atoms with Gasteiger partial charge in [-0.15, -0.1) is 0 Å². The number of aromatic nitrogens is 3. The Balaban J connectivity index is 2.37. The molecule has 2 aromatic rings. The monoisotopic (exact) mass is 273 g/mol. The number of nitrogens with zero attached hydrogens (tertiary/aromatic N) is 4. The SMILES string of the molecule is CCNc1nc(OC)nc(-c2ccc(N(C)C)cc2)n1. The molecular formula is C14H19N5O. The summed E-state index contributed by atoms with van der Waals surface area (Å²) in [5.41, 5.74) is 2.05. The Labute approximate surface area is 118 Å². The fourth-order valence-electron chi connectivity index (χ4n) is 1.72. The van der Waals surface area contributed by atoms with E-state index in [-0.39, 0.29) is 0 Å². The van der Waals surface area contributed by atoms with Crippen LogP contribution in [0.2, 0.25) is 0 Å². The molecule has 0 aliphatic carbocycles. The highest BCUT2D eigenvalue weighted by Gasteiger charge is 2.08. The molecule has 20 heavy (non-hydrogen) atoms. The lowest BCUT2D eigenvalue weighted by Gasteiger charge is -2.12. The zero-order chi connectivity index (χ0) is 14.5. The molecule has 0 amide bonds. The van der Waals surface area contributed by atoms with E-state index in [1.165, 1.54) is 0 Å². The van der Waals surface area contributed by atoms with E-state index in [2.05, 4.69) is 20.3 Å². The van der Waals surface area contributed by atoms with E-state index in [4.69, 9.17) is 4.74 Å². The van der Waals surface area contributed by atoms with Crippen LogP contribution in [0.3, 0.4) is 0 Å². The molecule has 1 N–H and O–H groups in total. The summed E-state index contributed by atoms with van der Waals surface area (Å²) in [6, 6.07) is 8.33. The second-order valence-electron chi connectivity index (χ2n) is 4.44. The molecule has 6 heteroatoms. The summed E-state index contributed by atoms with van der Waals surface area (Å²) >= 11 is 0. The molecular weight excluding hydrogens is 254 g/mol. The summed E-state index contributed by atoms with van der Waals surface area (Å²) in [6.07, 6.45) is 0. The first-order chi connectivity index (χ1) is 9.63. The second kappa shape index (κ2) is 6.18. The lowest BCUT2D eigenvalue weighted by molar-refractivity contribution is 0.379. The number of hydrogen-bond donors (Lipinski definition) is 1. The Hall–Kier alpha value is -2.37. The number of nitrogens with one attached hydrogen (secondary N) is 1. The maximum atomic E-state index is 5.11. The smallest absolute Gasteiger partial charge is 0.321 e. The normalized spacial score (nSPS) is 10.2. The van der Waals surface area contributed by atoms with Crippen molar-refractivity contribution in [1.29, 1.82) is 0 Å². The van der Waals surface area contributed by atoms with Gasteiger partial charge < -0.3 is 15.0 Å². The highest BCUT2D eigenvalue weighted by Crippen LogP contribution is 2.21. The van der Waals surface area contributed by atoms with Gasteiger partial charge in [0.25, 0.3) is 0 Å². The van der Waals surface area contributed by atoms with Gasteiger partial charge in [0.05, 0.1) is 7.11 Å². The van der Waals surface area contributed by atoms with Crippen molar-refractivity contribution < 1.29 is 4.74 Å². The van der Waals surface area contributed by atoms with Crippen LogP contribution in [0, 0.1) is 0 Å². The fraction of sp³-hybridized carbons (Fsp3) is 0.357. The topological polar surface area (TPSA) is 63.2 Å². The third-order valence-electron chi connectivity index (χ3n) is 2.77. The Bertz CT molecular complexity index is 568. The van der Waals surface area contributed by atoms with Crippen LogP contribution in [0.5, 0.6) is 6.01 Å². The Kier molecular flexibility index (Phi) is 4.34. The molecule has 0 fully saturated rings. The van der Waals surface area contributed by atoms with Crippen molar-refractivity contribution in [2.24, 2.45) is 0 Å². The number of anilines is 2. The van der Waals surface area contributed by atoms with Crippen molar-refractivity contribution in [3.05, 3.63) is 24.3 Å². The lowest BCUT2D eigenvalue weighted by atomic mass is 10.2. The summed E-state index contributed by atoms with van der Waals surface area (Å²) in [5, 5.41) is 3.07. The molecule has 1 heterocycles. The third kappa shape index (κ3) is 3.14. The van der Waals surface area contributed by atoms with E-state index in [9.17, 15) is 0 Å². The minimum absolute atomic E-state index is 0.308. The van der Waals surface area contributed by atoms with Gasteiger partial charge in [-0.25, -0.2) is 0 Å². The molecule has 0 aliphatic heterocycles. The van der Waals surface area contributed by atoms with Crippen molar-refractivity contribution in [3.8, 4) is 17.4 Å². The van der Waals surface area contributed by atoms with Crippen LogP contribution < -0.4 is 15.0 Å². The van der Waals surface area contributed by atoms with Crippen molar-refractivity contribution in [2.45, 2.75) is 6.92 Å². The maximum absolute atomic E-state index is 5.11. The molecule has 0 aliphatic rings. The van der Waals surface area contributed by atoms with E-state index >= 15 is 0 Å². The van der Waals surface area contributed by atoms with Crippen LogP contribution in [-0.4, -0.2) is 42.7 Å². The van der Waals surface area contributed by atoms with E-state index in [0.717, 1.165) is 17.8 Å². The molecule has 0 atom stereocenters. The van der Waals surface area contributed by atoms with Crippen molar-refractivity contribution in [1.82, 2.24) is 15.0 Å². The Morgan fingerprint density at radius 2 is 1.80 bits per heavy atom. The fourth-order valence-corrected chi connectivity index (χ4v) is 1.72. The van der Waals surface area contributed by atoms with Crippen LogP contribution in [0.25, 0.3) is 11.4 Å². The zero-order valence-electron chi connectivity index (χ0n) is 12.2. The largest absolute Gasteiger partial charge is 0.467 e. The van der Waals surface area contributed by atoms with Crippen LogP contribution in [0.1, 0.15) is 6.92 Å². The molecule has 0 spiro atoms. The molecule has 6 nitrogen and oxygen atoms in total. The molecule has 1 aromatic heterocycles. The van der Waals surface area contributed by atoms with Gasteiger partial charge in [0.15, 0.2) is 5.82 Å². The predicted octanol–water partition coefficient (Wildman–Crippen LogP) is 2.04. The number of ether oxygens (including phenoxy) is 1. The lowest BCUT2D eigenvalue weighted by Crippen LogP contribution is -2.08. The van der Waals surface area contributed by atoms with Gasteiger partial charge >= 0.3 is 6.01 Å². The third-order valence-corrected chi connectivity index (χ3v) is 2.77. The predicted molar refractivity (Wildman–Crippen MR) is 80.3 cm³/mol. The molecule has 0 unspecified atom stereocenters. The molecule has 0 saturated carbocycles. The maximum Gasteiger partial charge on any atom is 0.321 e. The first-order valence-electron chi connectivity index (χ1n) is 6.45. The minimum Gasteiger partial charge on any atom is -0.467 e. The van der Waals surface area contributed by atoms with Gasteiger partial charge in [0, 0.05) is 31.9 Å². The average Bonchev–Trinajstić information content (AvgIpc) is 2.47. The van der Waals surface area contributed by atoms with Crippen LogP contribution >= 0.6 is 0 Å². The molecule has 0 saturated heterocycles. The van der Waals surface area contributed by atoms with E-state index in [1.807, 2.05) is 50.2 Å². The van der Waals surface area contributed by atoms with Crippen LogP contribution in [-0.2, 0) is 0 Å². The van der Waals surface area contributed by atoms with E-state index in [1.54, 1.807) is 7.11 Å². The zero-order valence-corrected chi connectivity index (χ0v) is 12.2. The molecule has 1 aromatic carbocycles. The van der Waals surface area contributed by atoms with E-state index in [0.29, 0.717) is 17.8 Å². The van der Waals surface area contributed by atoms with Crippen LogP contribution in [0.4, 0.5) is 11.6 Å². The molecule has 0 bridgehead atoms. The molecule has 0 radical (unpaired) electrons. The van der Waals surface area contributed by atoms with Crippen molar-refractivity contribution in [2.75, 3.05) is 38.0 Å². The van der Waals surface area contributed by atoms with E-state index < -0.39 is 0 Å². The number of benzene rings is 1. The number of methoxy groups -OCH3 is 1. The average molecular weight is 273 g/mol. The first kappa shape index (κ1) is 14.0. The van der Waals surface area contributed by atoms with Gasteiger partial charge in [-0.05, 0) is 31.2 Å². The first-order valence-corrected chi connectivity index (χ1v) is 6.45. The highest BCUT2D eigenvalue weighted by molar-refractivity contribution is 5.61. The minimum atomic E-state index is 0.308. The van der Waals surface area contributed by atoms with Crippen molar-refractivity contribution >= 4 is 11.6 Å². The van der Waals surface area contributed by atoms with Gasteiger partial charge in [0.1, 0.15) is 0 Å². The standard InChI is InChI=1S/C14H19N5O/c1-5-15-13-16-12(17-14(18-13)20-4)10-6-8-11(9-7-10)19(2)3/h6-9H,5H2,1-4H3,(H,15,16,17,18). The van der Waals surface area contributed by atoms with Crippen LogP contribution in [0.15, 0.2) is 24.3 Å². The summed E-state index contributed by atoms with van der Waals surface area (Å²) in [7, 11) is 5.55. The Morgan fingerprint density at radius 3 is 2.35 bits per heavy atom. The summed E-state index contributed by atoms with van der Waals surface area (Å²) in [4.78, 5) is 14.9. The number of rotatable bonds is 5. The van der Waals surface area contributed by atoms with Gasteiger partial charge in [-0.2, -0.15) is 15.0 Å².